The second kappa shape index (κ2) is 8.55. The molecule has 0 fully saturated rings. The highest BCUT2D eigenvalue weighted by Gasteiger charge is 2.16. The highest BCUT2D eigenvalue weighted by molar-refractivity contribution is 6.33. The van der Waals surface area contributed by atoms with Gasteiger partial charge in [-0.3, -0.25) is 25.2 Å². The van der Waals surface area contributed by atoms with Crippen molar-refractivity contribution in [3.8, 4) is 11.5 Å². The minimum atomic E-state index is -0.535. The van der Waals surface area contributed by atoms with Crippen LogP contribution in [0.25, 0.3) is 0 Å². The van der Waals surface area contributed by atoms with Gasteiger partial charge >= 0.3 is 0 Å². The van der Waals surface area contributed by atoms with E-state index >= 15 is 0 Å². The third kappa shape index (κ3) is 4.77. The number of carbonyl (C=O) groups excluding carboxylic acids is 3. The molecular weight excluding hydrogens is 372 g/mol. The molecule has 0 atom stereocenters. The fourth-order valence-electron chi connectivity index (χ4n) is 2.49. The molecule has 7 nitrogen and oxygen atoms in total. The predicted octanol–water partition coefficient (Wildman–Crippen LogP) is 2.54. The first-order chi connectivity index (χ1) is 13.0. The zero-order valence-electron chi connectivity index (χ0n) is 14.3. The van der Waals surface area contributed by atoms with E-state index in [-0.39, 0.29) is 29.2 Å². The Labute approximate surface area is 160 Å². The van der Waals surface area contributed by atoms with E-state index < -0.39 is 11.8 Å². The lowest BCUT2D eigenvalue weighted by Gasteiger charge is -2.18. The molecule has 2 amide bonds. The number of hydrogen-bond acceptors (Lipinski definition) is 5. The topological polar surface area (TPSA) is 93.7 Å². The van der Waals surface area contributed by atoms with Crippen molar-refractivity contribution in [3.63, 3.8) is 0 Å². The maximum absolute atomic E-state index is 12.3. The van der Waals surface area contributed by atoms with Crippen LogP contribution in [-0.2, 0) is 4.79 Å². The Kier molecular flexibility index (Phi) is 5.93. The summed E-state index contributed by atoms with van der Waals surface area (Å²) in [4.78, 5) is 36.1. The first-order valence-electron chi connectivity index (χ1n) is 8.31. The molecule has 0 unspecified atom stereocenters. The maximum Gasteiger partial charge on any atom is 0.271 e. The Balaban J connectivity index is 1.48. The Morgan fingerprint density at radius 1 is 0.926 bits per heavy atom. The fraction of sp³-hybridized carbons (Fsp3) is 0.211. The van der Waals surface area contributed by atoms with Crippen LogP contribution in [0.5, 0.6) is 11.5 Å². The summed E-state index contributed by atoms with van der Waals surface area (Å²) in [5.74, 6) is -0.116. The molecule has 140 valence electrons. The summed E-state index contributed by atoms with van der Waals surface area (Å²) in [7, 11) is 0. The van der Waals surface area contributed by atoms with E-state index in [1.54, 1.807) is 36.4 Å². The van der Waals surface area contributed by atoms with Gasteiger partial charge in [0.25, 0.3) is 5.91 Å². The number of fused-ring (bicyclic) bond motifs is 1. The molecular formula is C19H17ClN2O5. The first-order valence-corrected chi connectivity index (χ1v) is 8.69. The van der Waals surface area contributed by atoms with Gasteiger partial charge in [-0.05, 0) is 30.3 Å². The molecule has 1 aliphatic heterocycles. The predicted molar refractivity (Wildman–Crippen MR) is 98.1 cm³/mol. The van der Waals surface area contributed by atoms with Crippen molar-refractivity contribution in [3.05, 3.63) is 58.6 Å². The number of hydrogen-bond donors (Lipinski definition) is 2. The lowest BCUT2D eigenvalue weighted by atomic mass is 10.1. The number of carbonyl (C=O) groups is 3. The van der Waals surface area contributed by atoms with Crippen molar-refractivity contribution in [2.24, 2.45) is 0 Å². The normalized spacial score (nSPS) is 12.2. The first kappa shape index (κ1) is 18.7. The van der Waals surface area contributed by atoms with Crippen LogP contribution in [0.2, 0.25) is 5.02 Å². The third-order valence-corrected chi connectivity index (χ3v) is 4.21. The molecule has 2 aromatic rings. The van der Waals surface area contributed by atoms with Crippen LogP contribution in [-0.4, -0.2) is 30.8 Å². The standard InChI is InChI=1S/C19H17ClN2O5/c20-14-4-2-1-3-13(14)19(25)22-21-18(24)8-6-15(23)12-5-7-16-17(11-12)27-10-9-26-16/h1-5,7,11H,6,8-10H2,(H,21,24)(H,22,25). The lowest BCUT2D eigenvalue weighted by molar-refractivity contribution is -0.121. The molecule has 1 heterocycles. The van der Waals surface area contributed by atoms with E-state index in [0.717, 1.165) is 0 Å². The van der Waals surface area contributed by atoms with Crippen molar-refractivity contribution < 1.29 is 23.9 Å². The number of Topliss-reactive ketones (excluding diaryl/α,β-unsaturated/α-hetero) is 1. The van der Waals surface area contributed by atoms with E-state index in [1.165, 1.54) is 6.07 Å². The summed E-state index contributed by atoms with van der Waals surface area (Å²) < 4.78 is 10.8. The van der Waals surface area contributed by atoms with E-state index in [0.29, 0.717) is 30.3 Å². The summed E-state index contributed by atoms with van der Waals surface area (Å²) in [5.41, 5.74) is 5.22. The number of rotatable bonds is 5. The minimum absolute atomic E-state index is 0.00651. The number of amides is 2. The molecule has 0 saturated carbocycles. The molecule has 0 spiro atoms. The number of hydrazine groups is 1. The molecule has 8 heteroatoms. The number of nitrogens with one attached hydrogen (secondary N) is 2. The van der Waals surface area contributed by atoms with Crippen LogP contribution in [0.3, 0.4) is 0 Å². The van der Waals surface area contributed by atoms with Crippen LogP contribution >= 0.6 is 11.6 Å². The Morgan fingerprint density at radius 3 is 2.44 bits per heavy atom. The second-order valence-electron chi connectivity index (χ2n) is 5.76. The van der Waals surface area contributed by atoms with Gasteiger partial charge in [-0.1, -0.05) is 23.7 Å². The van der Waals surface area contributed by atoms with Gasteiger partial charge in [0.05, 0.1) is 10.6 Å². The molecule has 2 N–H and O–H groups in total. The van der Waals surface area contributed by atoms with Gasteiger partial charge in [-0.15, -0.1) is 0 Å². The molecule has 3 rings (SSSR count). The van der Waals surface area contributed by atoms with Crippen molar-refractivity contribution >= 4 is 29.2 Å². The fourth-order valence-corrected chi connectivity index (χ4v) is 2.71. The number of halogens is 1. The van der Waals surface area contributed by atoms with Crippen molar-refractivity contribution in [1.82, 2.24) is 10.9 Å². The van der Waals surface area contributed by atoms with Gasteiger partial charge in [0, 0.05) is 18.4 Å². The average Bonchev–Trinajstić information content (AvgIpc) is 2.70. The van der Waals surface area contributed by atoms with Gasteiger partial charge in [-0.25, -0.2) is 0 Å². The molecule has 1 aliphatic rings. The Morgan fingerprint density at radius 2 is 1.67 bits per heavy atom. The van der Waals surface area contributed by atoms with Gasteiger partial charge in [0.15, 0.2) is 17.3 Å². The molecule has 0 aliphatic carbocycles. The number of ketones is 1. The molecule has 0 aromatic heterocycles. The highest BCUT2D eigenvalue weighted by atomic mass is 35.5. The molecule has 0 bridgehead atoms. The monoisotopic (exact) mass is 388 g/mol. The zero-order chi connectivity index (χ0) is 19.2. The quantitative estimate of drug-likeness (QED) is 0.606. The van der Waals surface area contributed by atoms with Gasteiger partial charge < -0.3 is 9.47 Å². The molecule has 27 heavy (non-hydrogen) atoms. The van der Waals surface area contributed by atoms with Gasteiger partial charge in [-0.2, -0.15) is 0 Å². The average molecular weight is 389 g/mol. The zero-order valence-corrected chi connectivity index (χ0v) is 15.0. The lowest BCUT2D eigenvalue weighted by Crippen LogP contribution is -2.41. The number of benzene rings is 2. The van der Waals surface area contributed by atoms with Crippen LogP contribution in [0.15, 0.2) is 42.5 Å². The molecule has 2 aromatic carbocycles. The van der Waals surface area contributed by atoms with Crippen LogP contribution in [0, 0.1) is 0 Å². The van der Waals surface area contributed by atoms with Crippen LogP contribution < -0.4 is 20.3 Å². The van der Waals surface area contributed by atoms with Crippen LogP contribution in [0.4, 0.5) is 0 Å². The van der Waals surface area contributed by atoms with Crippen molar-refractivity contribution in [2.75, 3.05) is 13.2 Å². The second-order valence-corrected chi connectivity index (χ2v) is 6.17. The summed E-state index contributed by atoms with van der Waals surface area (Å²) in [6, 6.07) is 11.4. The summed E-state index contributed by atoms with van der Waals surface area (Å²) in [5, 5.41) is 0.276. The smallest absolute Gasteiger partial charge is 0.271 e. The van der Waals surface area contributed by atoms with E-state index in [2.05, 4.69) is 10.9 Å². The van der Waals surface area contributed by atoms with Crippen molar-refractivity contribution in [2.45, 2.75) is 12.8 Å². The van der Waals surface area contributed by atoms with Gasteiger partial charge in [0.2, 0.25) is 5.91 Å². The Bertz CT molecular complexity index is 884. The van der Waals surface area contributed by atoms with Crippen molar-refractivity contribution in [1.29, 1.82) is 0 Å². The third-order valence-electron chi connectivity index (χ3n) is 3.88. The Hall–Kier alpha value is -3.06. The van der Waals surface area contributed by atoms with Crippen LogP contribution in [0.1, 0.15) is 33.6 Å². The van der Waals surface area contributed by atoms with E-state index in [4.69, 9.17) is 21.1 Å². The maximum atomic E-state index is 12.3. The summed E-state index contributed by atoms with van der Waals surface area (Å²) in [6.07, 6.45) is -0.0798. The van der Waals surface area contributed by atoms with E-state index in [9.17, 15) is 14.4 Å². The minimum Gasteiger partial charge on any atom is -0.486 e. The van der Waals surface area contributed by atoms with E-state index in [1.807, 2.05) is 0 Å². The van der Waals surface area contributed by atoms with Gasteiger partial charge in [0.1, 0.15) is 13.2 Å². The summed E-state index contributed by atoms with van der Waals surface area (Å²) in [6.45, 7) is 0.901. The largest absolute Gasteiger partial charge is 0.486 e. The molecule has 0 saturated heterocycles. The number of ether oxygens (including phenoxy) is 2. The highest BCUT2D eigenvalue weighted by Crippen LogP contribution is 2.31. The SMILES string of the molecule is O=C(CCC(=O)c1ccc2c(c1)OCCO2)NNC(=O)c1ccccc1Cl. The molecule has 0 radical (unpaired) electrons. The summed E-state index contributed by atoms with van der Waals surface area (Å²) >= 11 is 5.92.